The largest absolute Gasteiger partial charge is 0.344 e. The highest BCUT2D eigenvalue weighted by molar-refractivity contribution is 7.89. The van der Waals surface area contributed by atoms with Crippen LogP contribution < -0.4 is 5.32 Å². The monoisotopic (exact) mass is 391 g/mol. The number of hydrogen-bond donors (Lipinski definition) is 1. The molecule has 2 aromatic rings. The molecule has 1 N–H and O–H groups in total. The summed E-state index contributed by atoms with van der Waals surface area (Å²) in [4.78, 5) is 19.4. The molecule has 0 spiro atoms. The van der Waals surface area contributed by atoms with Crippen LogP contribution in [0.15, 0.2) is 59.5 Å². The Bertz CT molecular complexity index is 852. The summed E-state index contributed by atoms with van der Waals surface area (Å²) in [5.74, 6) is -0.269. The van der Waals surface area contributed by atoms with Crippen LogP contribution in [-0.4, -0.2) is 58.5 Å². The number of nitrogens with zero attached hydrogens (tertiary/aromatic N) is 2. The van der Waals surface area contributed by atoms with Gasteiger partial charge in [-0.2, -0.15) is 0 Å². The molecule has 2 aromatic carbocycles. The zero-order chi connectivity index (χ0) is 20.0. The predicted octanol–water partition coefficient (Wildman–Crippen LogP) is 1.90. The Morgan fingerprint density at radius 2 is 1.63 bits per heavy atom. The summed E-state index contributed by atoms with van der Waals surface area (Å²) in [6, 6.07) is 15.3. The van der Waals surface area contributed by atoms with Crippen molar-refractivity contribution in [3.8, 4) is 0 Å². The van der Waals surface area contributed by atoms with Crippen molar-refractivity contribution in [2.75, 3.05) is 34.8 Å². The van der Waals surface area contributed by atoms with Gasteiger partial charge in [-0.15, -0.1) is 0 Å². The maximum atomic E-state index is 12.6. The van der Waals surface area contributed by atoms with Crippen LogP contribution in [-0.2, 0) is 14.9 Å². The Hall–Kier alpha value is -2.26. The normalized spacial score (nSPS) is 13.0. The lowest BCUT2D eigenvalue weighted by atomic mass is 10.1. The molecule has 0 saturated heterocycles. The van der Waals surface area contributed by atoms with Gasteiger partial charge in [0.2, 0.25) is 0 Å². The van der Waals surface area contributed by atoms with Crippen LogP contribution >= 0.6 is 0 Å². The predicted molar refractivity (Wildman–Crippen MR) is 104 cm³/mol. The van der Waals surface area contributed by atoms with Crippen molar-refractivity contribution in [1.29, 1.82) is 0 Å². The summed E-state index contributed by atoms with van der Waals surface area (Å²) in [6.45, 7) is 0.640. The van der Waals surface area contributed by atoms with Crippen LogP contribution in [0.5, 0.6) is 0 Å². The summed E-state index contributed by atoms with van der Waals surface area (Å²) in [6.07, 6.45) is 0. The van der Waals surface area contributed by atoms with Crippen molar-refractivity contribution in [2.24, 2.45) is 0 Å². The molecule has 0 aliphatic carbocycles. The van der Waals surface area contributed by atoms with Gasteiger partial charge in [-0.25, -0.2) is 8.42 Å². The molecule has 0 fully saturated rings. The van der Waals surface area contributed by atoms with Crippen LogP contribution in [0.25, 0.3) is 0 Å². The summed E-state index contributed by atoms with van der Waals surface area (Å²) in [5.41, 5.74) is 1.38. The molecule has 0 aliphatic rings. The van der Waals surface area contributed by atoms with Gasteiger partial charge in [-0.05, 0) is 43.9 Å². The van der Waals surface area contributed by atoms with Gasteiger partial charge in [0.1, 0.15) is 0 Å². The minimum atomic E-state index is -3.74. The van der Waals surface area contributed by atoms with Crippen molar-refractivity contribution in [2.45, 2.75) is 10.9 Å². The fourth-order valence-corrected chi connectivity index (χ4v) is 3.52. The van der Waals surface area contributed by atoms with Gasteiger partial charge in [0, 0.05) is 19.2 Å². The molecule has 7 nitrogen and oxygen atoms in total. The van der Waals surface area contributed by atoms with Gasteiger partial charge in [-0.1, -0.05) is 34.8 Å². The van der Waals surface area contributed by atoms with Crippen molar-refractivity contribution >= 4 is 15.9 Å². The number of carbonyl (C=O) groups excluding carboxylic acids is 1. The Kier molecular flexibility index (Phi) is 7.09. The fraction of sp³-hybridized carbons (Fsp3) is 0.316. The maximum absolute atomic E-state index is 12.6. The third-order valence-corrected chi connectivity index (χ3v) is 5.76. The van der Waals surface area contributed by atoms with Crippen molar-refractivity contribution in [3.63, 3.8) is 0 Å². The molecule has 0 aromatic heterocycles. The van der Waals surface area contributed by atoms with Gasteiger partial charge in [0.15, 0.2) is 0 Å². The summed E-state index contributed by atoms with van der Waals surface area (Å²) in [7, 11) is 2.72. The van der Waals surface area contributed by atoms with Crippen LogP contribution in [0.2, 0.25) is 0 Å². The van der Waals surface area contributed by atoms with Crippen LogP contribution in [0.3, 0.4) is 0 Å². The lowest BCUT2D eigenvalue weighted by Crippen LogP contribution is -2.35. The number of likely N-dealkylation sites (N-methyl/N-ethyl adjacent to an activating group) is 1. The highest BCUT2D eigenvalue weighted by atomic mass is 32.2. The lowest BCUT2D eigenvalue weighted by molar-refractivity contribution is -0.0258. The molecule has 2 rings (SSSR count). The van der Waals surface area contributed by atoms with Gasteiger partial charge in [0.05, 0.1) is 18.0 Å². The van der Waals surface area contributed by atoms with Gasteiger partial charge < -0.3 is 10.2 Å². The molecule has 0 aliphatic heterocycles. The average molecular weight is 391 g/mol. The Labute approximate surface area is 160 Å². The molecule has 1 atom stereocenters. The third-order valence-electron chi connectivity index (χ3n) is 4.06. The second-order valence-corrected chi connectivity index (χ2v) is 8.26. The number of rotatable bonds is 8. The molecule has 0 radical (unpaired) electrons. The quantitative estimate of drug-likeness (QED) is 0.696. The first-order valence-electron chi connectivity index (χ1n) is 8.39. The lowest BCUT2D eigenvalue weighted by Gasteiger charge is -2.23. The first-order valence-corrected chi connectivity index (χ1v) is 9.83. The average Bonchev–Trinajstić information content (AvgIpc) is 2.67. The molecular weight excluding hydrogens is 366 g/mol. The van der Waals surface area contributed by atoms with Crippen molar-refractivity contribution in [3.05, 3.63) is 65.7 Å². The first-order chi connectivity index (χ1) is 12.8. The summed E-state index contributed by atoms with van der Waals surface area (Å²) in [5, 5.41) is 3.01. The molecule has 1 amide bonds. The zero-order valence-electron chi connectivity index (χ0n) is 15.9. The van der Waals surface area contributed by atoms with E-state index in [-0.39, 0.29) is 16.8 Å². The Morgan fingerprint density at radius 1 is 1.04 bits per heavy atom. The van der Waals surface area contributed by atoms with E-state index in [0.717, 1.165) is 10.0 Å². The molecule has 0 saturated carbocycles. The fourth-order valence-electron chi connectivity index (χ4n) is 2.55. The SMILES string of the molecule is CON(C)S(=O)(=O)c1ccc(C(=O)N[C@@H](CN(C)C)c2ccccc2)cc1. The topological polar surface area (TPSA) is 78.9 Å². The van der Waals surface area contributed by atoms with E-state index in [9.17, 15) is 13.2 Å². The van der Waals surface area contributed by atoms with Crippen molar-refractivity contribution < 1.29 is 18.0 Å². The molecule has 146 valence electrons. The molecule has 0 heterocycles. The Balaban J connectivity index is 2.19. The van der Waals surface area contributed by atoms with Crippen LogP contribution in [0.4, 0.5) is 0 Å². The standard InChI is InChI=1S/C19H25N3O4S/c1-21(2)14-18(15-8-6-5-7-9-15)20-19(23)16-10-12-17(13-11-16)27(24,25)22(3)26-4/h5-13,18H,14H2,1-4H3,(H,20,23)/t18-/m0/s1. The summed E-state index contributed by atoms with van der Waals surface area (Å²) >= 11 is 0. The molecular formula is C19H25N3O4S. The van der Waals surface area contributed by atoms with Crippen molar-refractivity contribution in [1.82, 2.24) is 14.7 Å². The second-order valence-electron chi connectivity index (χ2n) is 6.32. The number of amides is 1. The number of sulfonamides is 1. The van der Waals surface area contributed by atoms with E-state index in [1.54, 1.807) is 0 Å². The first kappa shape index (κ1) is 21.0. The zero-order valence-corrected chi connectivity index (χ0v) is 16.7. The summed E-state index contributed by atoms with van der Waals surface area (Å²) < 4.78 is 25.2. The third kappa shape index (κ3) is 5.36. The van der Waals surface area contributed by atoms with Gasteiger partial charge >= 0.3 is 0 Å². The number of benzene rings is 2. The molecule has 27 heavy (non-hydrogen) atoms. The van der Waals surface area contributed by atoms with Gasteiger partial charge in [0.25, 0.3) is 15.9 Å². The molecule has 0 unspecified atom stereocenters. The number of hydroxylamine groups is 1. The van der Waals surface area contributed by atoms with Gasteiger partial charge in [-0.3, -0.25) is 9.63 Å². The molecule has 8 heteroatoms. The highest BCUT2D eigenvalue weighted by Crippen LogP contribution is 2.17. The molecule has 0 bridgehead atoms. The van der Waals surface area contributed by atoms with E-state index in [0.29, 0.717) is 12.1 Å². The van der Waals surface area contributed by atoms with Crippen LogP contribution in [0.1, 0.15) is 22.0 Å². The smallest absolute Gasteiger partial charge is 0.264 e. The van der Waals surface area contributed by atoms with Crippen LogP contribution in [0, 0.1) is 0 Å². The highest BCUT2D eigenvalue weighted by Gasteiger charge is 2.22. The van der Waals surface area contributed by atoms with E-state index in [1.165, 1.54) is 38.4 Å². The van der Waals surface area contributed by atoms with E-state index < -0.39 is 10.0 Å². The Morgan fingerprint density at radius 3 is 2.15 bits per heavy atom. The minimum Gasteiger partial charge on any atom is -0.344 e. The second kappa shape index (κ2) is 9.09. The number of nitrogens with one attached hydrogen (secondary N) is 1. The van der Waals surface area contributed by atoms with E-state index >= 15 is 0 Å². The van der Waals surface area contributed by atoms with E-state index in [4.69, 9.17) is 4.84 Å². The number of carbonyl (C=O) groups is 1. The van der Waals surface area contributed by atoms with E-state index in [1.807, 2.05) is 49.3 Å². The minimum absolute atomic E-state index is 0.0521. The number of hydrogen-bond acceptors (Lipinski definition) is 5. The van der Waals surface area contributed by atoms with E-state index in [2.05, 4.69) is 5.32 Å². The maximum Gasteiger partial charge on any atom is 0.264 e.